The highest BCUT2D eigenvalue weighted by Gasteiger charge is 2.83. The number of aromatic nitrogens is 3. The maximum absolute atomic E-state index is 13.0. The van der Waals surface area contributed by atoms with Gasteiger partial charge in [0.15, 0.2) is 0 Å². The van der Waals surface area contributed by atoms with Crippen molar-refractivity contribution in [2.45, 2.75) is 23.9 Å². The smallest absolute Gasteiger partial charge is 0.266 e. The molecule has 21 heavy (non-hydrogen) atoms. The highest BCUT2D eigenvalue weighted by Crippen LogP contribution is 2.53. The topological polar surface area (TPSA) is 59.8 Å². The number of amides is 1. The Morgan fingerprint density at radius 2 is 1.29 bits per heavy atom. The summed E-state index contributed by atoms with van der Waals surface area (Å²) < 4.78 is 112. The van der Waals surface area contributed by atoms with E-state index in [9.17, 15) is 44.3 Å². The maximum atomic E-state index is 13.0. The van der Waals surface area contributed by atoms with Gasteiger partial charge in [-0.15, -0.1) is 10.2 Å². The molecule has 1 N–H and O–H groups in total. The van der Waals surface area contributed by atoms with Crippen LogP contribution in [0.3, 0.4) is 0 Å². The molecule has 1 aromatic rings. The van der Waals surface area contributed by atoms with E-state index in [1.807, 2.05) is 0 Å². The van der Waals surface area contributed by atoms with Crippen LogP contribution in [0.4, 0.5) is 39.5 Å². The molecule has 0 radical (unpaired) electrons. The lowest BCUT2D eigenvalue weighted by Crippen LogP contribution is -2.64. The van der Waals surface area contributed by atoms with Gasteiger partial charge >= 0.3 is 29.9 Å². The number of carbonyl (C=O) groups is 1. The van der Waals surface area contributed by atoms with Crippen molar-refractivity contribution in [3.05, 3.63) is 12.7 Å². The number of nitrogens with one attached hydrogen (secondary N) is 1. The molecule has 0 unspecified atom stereocenters. The molecule has 120 valence electrons. The minimum absolute atomic E-state index is 0.151. The summed E-state index contributed by atoms with van der Waals surface area (Å²) in [5.41, 5.74) is 0.914. The molecule has 1 aromatic heterocycles. The Morgan fingerprint density at radius 3 is 1.67 bits per heavy atom. The van der Waals surface area contributed by atoms with Gasteiger partial charge in [0, 0.05) is 0 Å². The fraction of sp³-hybridized carbons (Fsp3) is 0.571. The molecular formula is C7H3F9N4O. The summed E-state index contributed by atoms with van der Waals surface area (Å²) in [6.45, 7) is 0. The van der Waals surface area contributed by atoms with Crippen molar-refractivity contribution in [2.24, 2.45) is 0 Å². The van der Waals surface area contributed by atoms with E-state index in [1.165, 1.54) is 0 Å². The van der Waals surface area contributed by atoms with Crippen molar-refractivity contribution in [3.63, 3.8) is 0 Å². The molecule has 1 heterocycles. The van der Waals surface area contributed by atoms with Crippen LogP contribution < -0.4 is 5.43 Å². The summed E-state index contributed by atoms with van der Waals surface area (Å²) >= 11 is 0. The fourth-order valence-corrected chi connectivity index (χ4v) is 0.964. The molecule has 14 heteroatoms. The van der Waals surface area contributed by atoms with Crippen LogP contribution in [0, 0.1) is 0 Å². The van der Waals surface area contributed by atoms with Crippen LogP contribution in [0.2, 0.25) is 0 Å². The Kier molecular flexibility index (Phi) is 3.87. The standard InChI is InChI=1S/C7H3F9N4O/c8-4(9,3(21)19-20-1-17-18-2-20)5(10,11)6(12,13)7(14,15)16/h1-2H,(H,19,21). The second-order valence-corrected chi connectivity index (χ2v) is 3.53. The van der Waals surface area contributed by atoms with Gasteiger partial charge in [-0.3, -0.25) is 10.2 Å². The summed E-state index contributed by atoms with van der Waals surface area (Å²) in [5, 5.41) is 5.89. The van der Waals surface area contributed by atoms with E-state index >= 15 is 0 Å². The van der Waals surface area contributed by atoms with Crippen molar-refractivity contribution in [3.8, 4) is 0 Å². The highest BCUT2D eigenvalue weighted by atomic mass is 19.4. The first kappa shape index (κ1) is 17.0. The SMILES string of the molecule is O=C(Nn1cnnc1)C(F)(F)C(F)(F)C(F)(F)C(F)(F)F. The zero-order valence-corrected chi connectivity index (χ0v) is 9.31. The fourth-order valence-electron chi connectivity index (χ4n) is 0.964. The van der Waals surface area contributed by atoms with E-state index in [0.29, 0.717) is 12.7 Å². The van der Waals surface area contributed by atoms with Crippen LogP contribution in [-0.2, 0) is 4.79 Å². The van der Waals surface area contributed by atoms with Gasteiger partial charge in [0.05, 0.1) is 0 Å². The average Bonchev–Trinajstić information content (AvgIpc) is 2.79. The monoisotopic (exact) mass is 330 g/mol. The predicted octanol–water partition coefficient (Wildman–Crippen LogP) is 1.82. The van der Waals surface area contributed by atoms with Crippen molar-refractivity contribution < 1.29 is 44.3 Å². The lowest BCUT2D eigenvalue weighted by Gasteiger charge is -2.32. The van der Waals surface area contributed by atoms with Crippen LogP contribution in [-0.4, -0.2) is 44.7 Å². The molecule has 0 fully saturated rings. The van der Waals surface area contributed by atoms with E-state index in [4.69, 9.17) is 0 Å². The number of carbonyl (C=O) groups excluding carboxylic acids is 1. The van der Waals surface area contributed by atoms with E-state index in [2.05, 4.69) is 10.2 Å². The summed E-state index contributed by atoms with van der Waals surface area (Å²) in [4.78, 5) is 10.8. The summed E-state index contributed by atoms with van der Waals surface area (Å²) in [5.74, 6) is -23.6. The van der Waals surface area contributed by atoms with Crippen LogP contribution in [0.5, 0.6) is 0 Å². The first-order valence-electron chi connectivity index (χ1n) is 4.61. The molecular weight excluding hydrogens is 327 g/mol. The van der Waals surface area contributed by atoms with Gasteiger partial charge in [-0.25, -0.2) is 4.68 Å². The molecule has 0 spiro atoms. The molecule has 1 rings (SSSR count). The summed E-state index contributed by atoms with van der Waals surface area (Å²) in [6.07, 6.45) is -6.00. The van der Waals surface area contributed by atoms with Gasteiger partial charge in [0.25, 0.3) is 0 Å². The Bertz CT molecular complexity index is 509. The van der Waals surface area contributed by atoms with Crippen molar-refractivity contribution in [2.75, 3.05) is 5.43 Å². The lowest BCUT2D eigenvalue weighted by molar-refractivity contribution is -0.388. The quantitative estimate of drug-likeness (QED) is 0.857. The second-order valence-electron chi connectivity index (χ2n) is 3.53. The number of alkyl halides is 9. The summed E-state index contributed by atoms with van der Waals surface area (Å²) in [6, 6.07) is 0. The van der Waals surface area contributed by atoms with E-state index < -0.39 is 29.9 Å². The minimum Gasteiger partial charge on any atom is -0.266 e. The van der Waals surface area contributed by atoms with Crippen LogP contribution in [0.25, 0.3) is 0 Å². The normalized spacial score (nSPS) is 14.1. The number of nitrogens with zero attached hydrogens (tertiary/aromatic N) is 3. The number of halogens is 9. The van der Waals surface area contributed by atoms with Gasteiger partial charge in [0.2, 0.25) is 0 Å². The first-order valence-corrected chi connectivity index (χ1v) is 4.61. The molecule has 0 aliphatic rings. The number of hydrogen-bond acceptors (Lipinski definition) is 3. The predicted molar refractivity (Wildman–Crippen MR) is 45.3 cm³/mol. The van der Waals surface area contributed by atoms with Gasteiger partial charge < -0.3 is 0 Å². The zero-order valence-electron chi connectivity index (χ0n) is 9.31. The third kappa shape index (κ3) is 2.61. The molecule has 0 aromatic carbocycles. The summed E-state index contributed by atoms with van der Waals surface area (Å²) in [7, 11) is 0. The zero-order chi connectivity index (χ0) is 16.7. The third-order valence-corrected chi connectivity index (χ3v) is 2.08. The van der Waals surface area contributed by atoms with Crippen LogP contribution in [0.1, 0.15) is 0 Å². The van der Waals surface area contributed by atoms with Gasteiger partial charge in [-0.05, 0) is 0 Å². The van der Waals surface area contributed by atoms with Crippen LogP contribution in [0.15, 0.2) is 12.7 Å². The van der Waals surface area contributed by atoms with E-state index in [0.717, 1.165) is 5.43 Å². The van der Waals surface area contributed by atoms with Crippen molar-refractivity contribution >= 4 is 5.91 Å². The van der Waals surface area contributed by atoms with Crippen LogP contribution >= 0.6 is 0 Å². The van der Waals surface area contributed by atoms with Crippen molar-refractivity contribution in [1.82, 2.24) is 14.9 Å². The molecule has 0 saturated heterocycles. The lowest BCUT2D eigenvalue weighted by atomic mass is 10.0. The Labute approximate surface area is 108 Å². The van der Waals surface area contributed by atoms with E-state index in [1.54, 1.807) is 0 Å². The Balaban J connectivity index is 3.12. The first-order chi connectivity index (χ1) is 9.25. The van der Waals surface area contributed by atoms with Gasteiger partial charge in [-0.2, -0.15) is 39.5 Å². The number of rotatable bonds is 4. The van der Waals surface area contributed by atoms with Gasteiger partial charge in [0.1, 0.15) is 12.7 Å². The molecule has 0 aliphatic heterocycles. The second kappa shape index (κ2) is 4.77. The molecule has 0 aliphatic carbocycles. The third-order valence-electron chi connectivity index (χ3n) is 2.08. The molecule has 0 bridgehead atoms. The largest absolute Gasteiger partial charge is 0.460 e. The number of hydrogen-bond donors (Lipinski definition) is 1. The Morgan fingerprint density at radius 1 is 0.857 bits per heavy atom. The maximum Gasteiger partial charge on any atom is 0.460 e. The molecule has 0 atom stereocenters. The highest BCUT2D eigenvalue weighted by molar-refractivity contribution is 5.91. The minimum atomic E-state index is -7.13. The average molecular weight is 330 g/mol. The van der Waals surface area contributed by atoms with E-state index in [-0.39, 0.29) is 4.68 Å². The molecule has 5 nitrogen and oxygen atoms in total. The van der Waals surface area contributed by atoms with Crippen molar-refractivity contribution in [1.29, 1.82) is 0 Å². The molecule has 0 saturated carbocycles. The Hall–Kier alpha value is -2.02. The molecule has 1 amide bonds. The van der Waals surface area contributed by atoms with Gasteiger partial charge in [-0.1, -0.05) is 0 Å².